The van der Waals surface area contributed by atoms with Gasteiger partial charge < -0.3 is 5.11 Å². The van der Waals surface area contributed by atoms with E-state index in [9.17, 15) is 4.79 Å². The highest BCUT2D eigenvalue weighted by Crippen LogP contribution is 2.18. The zero-order valence-corrected chi connectivity index (χ0v) is 10.1. The lowest BCUT2D eigenvalue weighted by molar-refractivity contribution is -0.141. The molecule has 1 heterocycles. The zero-order valence-electron chi connectivity index (χ0n) is 10.1. The van der Waals surface area contributed by atoms with Crippen molar-refractivity contribution in [1.82, 2.24) is 20.2 Å². The standard InChI is InChI=1S/C10H18N4O2/c1-7(9(15)16)6-14-8(11-12-13-14)5-10(2,3)4/h7H,5-6H2,1-4H3,(H,15,16). The van der Waals surface area contributed by atoms with Crippen LogP contribution in [0.4, 0.5) is 0 Å². The van der Waals surface area contributed by atoms with E-state index in [-0.39, 0.29) is 5.41 Å². The van der Waals surface area contributed by atoms with Crippen LogP contribution < -0.4 is 0 Å². The van der Waals surface area contributed by atoms with Gasteiger partial charge in [-0.15, -0.1) is 5.10 Å². The second-order valence-corrected chi connectivity index (χ2v) is 5.25. The highest BCUT2D eigenvalue weighted by Gasteiger charge is 2.19. The fourth-order valence-electron chi connectivity index (χ4n) is 1.30. The molecule has 16 heavy (non-hydrogen) atoms. The Morgan fingerprint density at radius 2 is 2.12 bits per heavy atom. The summed E-state index contributed by atoms with van der Waals surface area (Å²) in [7, 11) is 0. The minimum Gasteiger partial charge on any atom is -0.481 e. The molecule has 1 unspecified atom stereocenters. The van der Waals surface area contributed by atoms with Gasteiger partial charge in [0.2, 0.25) is 0 Å². The third-order valence-corrected chi connectivity index (χ3v) is 2.16. The largest absolute Gasteiger partial charge is 0.481 e. The first-order valence-electron chi connectivity index (χ1n) is 5.27. The van der Waals surface area contributed by atoms with E-state index in [0.717, 1.165) is 12.2 Å². The van der Waals surface area contributed by atoms with E-state index in [1.165, 1.54) is 0 Å². The van der Waals surface area contributed by atoms with Crippen LogP contribution in [0.15, 0.2) is 0 Å². The lowest BCUT2D eigenvalue weighted by Crippen LogP contribution is -2.21. The molecule has 1 rings (SSSR count). The molecular weight excluding hydrogens is 208 g/mol. The SMILES string of the molecule is CC(Cn1nnnc1CC(C)(C)C)C(=O)O. The maximum absolute atomic E-state index is 10.7. The molecule has 0 saturated heterocycles. The number of carbonyl (C=O) groups is 1. The molecule has 0 aliphatic carbocycles. The molecule has 0 aliphatic rings. The van der Waals surface area contributed by atoms with E-state index in [1.54, 1.807) is 11.6 Å². The minimum atomic E-state index is -0.836. The summed E-state index contributed by atoms with van der Waals surface area (Å²) in [5.74, 6) is -0.583. The second kappa shape index (κ2) is 4.59. The van der Waals surface area contributed by atoms with E-state index in [4.69, 9.17) is 5.11 Å². The molecule has 0 aliphatic heterocycles. The van der Waals surface area contributed by atoms with Crippen molar-refractivity contribution in [1.29, 1.82) is 0 Å². The van der Waals surface area contributed by atoms with Gasteiger partial charge in [-0.1, -0.05) is 27.7 Å². The third-order valence-electron chi connectivity index (χ3n) is 2.16. The number of tetrazole rings is 1. The summed E-state index contributed by atoms with van der Waals surface area (Å²) in [5.41, 5.74) is 0.0823. The number of rotatable bonds is 4. The van der Waals surface area contributed by atoms with Crippen LogP contribution in [0.3, 0.4) is 0 Å². The topological polar surface area (TPSA) is 80.9 Å². The van der Waals surface area contributed by atoms with Gasteiger partial charge in [-0.25, -0.2) is 4.68 Å². The smallest absolute Gasteiger partial charge is 0.308 e. The minimum absolute atomic E-state index is 0.0823. The van der Waals surface area contributed by atoms with Crippen LogP contribution in [-0.2, 0) is 17.8 Å². The molecule has 1 N–H and O–H groups in total. The van der Waals surface area contributed by atoms with Crippen molar-refractivity contribution in [2.24, 2.45) is 11.3 Å². The molecule has 0 bridgehead atoms. The van der Waals surface area contributed by atoms with Crippen molar-refractivity contribution in [2.75, 3.05) is 0 Å². The Kier molecular flexibility index (Phi) is 3.62. The van der Waals surface area contributed by atoms with Crippen LogP contribution in [0, 0.1) is 11.3 Å². The molecule has 0 fully saturated rings. The van der Waals surface area contributed by atoms with Crippen molar-refractivity contribution in [3.63, 3.8) is 0 Å². The summed E-state index contributed by atoms with van der Waals surface area (Å²) in [5, 5.41) is 20.1. The van der Waals surface area contributed by atoms with Gasteiger partial charge in [0.05, 0.1) is 12.5 Å². The molecule has 0 spiro atoms. The van der Waals surface area contributed by atoms with E-state index in [2.05, 4.69) is 36.3 Å². The molecule has 1 aromatic heterocycles. The predicted octanol–water partition coefficient (Wildman–Crippen LogP) is 0.982. The summed E-state index contributed by atoms with van der Waals surface area (Å²) in [4.78, 5) is 10.7. The van der Waals surface area contributed by atoms with Gasteiger partial charge in [-0.2, -0.15) is 0 Å². The van der Waals surface area contributed by atoms with Crippen molar-refractivity contribution >= 4 is 5.97 Å². The van der Waals surface area contributed by atoms with Crippen LogP contribution in [0.1, 0.15) is 33.5 Å². The number of hydrogen-bond donors (Lipinski definition) is 1. The van der Waals surface area contributed by atoms with Gasteiger partial charge in [0.25, 0.3) is 0 Å². The summed E-state index contributed by atoms with van der Waals surface area (Å²) in [6, 6.07) is 0. The monoisotopic (exact) mass is 226 g/mol. The fourth-order valence-corrected chi connectivity index (χ4v) is 1.30. The Hall–Kier alpha value is -1.46. The molecule has 0 saturated carbocycles. The Morgan fingerprint density at radius 3 is 2.62 bits per heavy atom. The molecular formula is C10H18N4O2. The lowest BCUT2D eigenvalue weighted by Gasteiger charge is -2.17. The average Bonchev–Trinajstić information content (AvgIpc) is 2.49. The van der Waals surface area contributed by atoms with Crippen molar-refractivity contribution in [3.8, 4) is 0 Å². The van der Waals surface area contributed by atoms with Crippen LogP contribution in [-0.4, -0.2) is 31.3 Å². The quantitative estimate of drug-likeness (QED) is 0.827. The number of aliphatic carboxylic acids is 1. The average molecular weight is 226 g/mol. The predicted molar refractivity (Wildman–Crippen MR) is 57.8 cm³/mol. The Balaban J connectivity index is 2.75. The summed E-state index contributed by atoms with van der Waals surface area (Å²) in [6.07, 6.45) is 0.729. The normalized spacial score (nSPS) is 13.8. The van der Waals surface area contributed by atoms with Gasteiger partial charge >= 0.3 is 5.97 Å². The first-order chi connectivity index (χ1) is 7.29. The Labute approximate surface area is 94.7 Å². The van der Waals surface area contributed by atoms with Gasteiger partial charge in [-0.3, -0.25) is 4.79 Å². The van der Waals surface area contributed by atoms with Gasteiger partial charge in [-0.05, 0) is 15.8 Å². The van der Waals surface area contributed by atoms with Crippen molar-refractivity contribution in [2.45, 2.75) is 40.7 Å². The maximum atomic E-state index is 10.7. The van der Waals surface area contributed by atoms with Gasteiger partial charge in [0.15, 0.2) is 5.82 Å². The molecule has 6 nitrogen and oxygen atoms in total. The van der Waals surface area contributed by atoms with Crippen molar-refractivity contribution < 1.29 is 9.90 Å². The third kappa shape index (κ3) is 3.60. The number of carboxylic acid groups (broad SMARTS) is 1. The maximum Gasteiger partial charge on any atom is 0.308 e. The highest BCUT2D eigenvalue weighted by molar-refractivity contribution is 5.69. The fraction of sp³-hybridized carbons (Fsp3) is 0.800. The molecule has 90 valence electrons. The summed E-state index contributed by atoms with van der Waals surface area (Å²) < 4.78 is 1.57. The number of carboxylic acids is 1. The Bertz CT molecular complexity index is 367. The lowest BCUT2D eigenvalue weighted by atomic mass is 9.92. The molecule has 0 amide bonds. The first-order valence-corrected chi connectivity index (χ1v) is 5.27. The van der Waals surface area contributed by atoms with E-state index in [0.29, 0.717) is 6.54 Å². The van der Waals surface area contributed by atoms with Crippen LogP contribution in [0.2, 0.25) is 0 Å². The second-order valence-electron chi connectivity index (χ2n) is 5.25. The zero-order chi connectivity index (χ0) is 12.3. The molecule has 1 aromatic rings. The highest BCUT2D eigenvalue weighted by atomic mass is 16.4. The number of hydrogen-bond acceptors (Lipinski definition) is 4. The molecule has 0 aromatic carbocycles. The van der Waals surface area contributed by atoms with Crippen LogP contribution >= 0.6 is 0 Å². The van der Waals surface area contributed by atoms with Crippen molar-refractivity contribution in [3.05, 3.63) is 5.82 Å². The van der Waals surface area contributed by atoms with E-state index < -0.39 is 11.9 Å². The first kappa shape index (κ1) is 12.6. The molecule has 6 heteroatoms. The van der Waals surface area contributed by atoms with Crippen LogP contribution in [0.5, 0.6) is 0 Å². The van der Waals surface area contributed by atoms with E-state index in [1.807, 2.05) is 0 Å². The van der Waals surface area contributed by atoms with Gasteiger partial charge in [0, 0.05) is 6.42 Å². The Morgan fingerprint density at radius 1 is 1.50 bits per heavy atom. The molecule has 1 atom stereocenters. The number of nitrogens with zero attached hydrogens (tertiary/aromatic N) is 4. The summed E-state index contributed by atoms with van der Waals surface area (Å²) in [6.45, 7) is 8.23. The van der Waals surface area contributed by atoms with E-state index >= 15 is 0 Å². The molecule has 0 radical (unpaired) electrons. The van der Waals surface area contributed by atoms with Crippen LogP contribution in [0.25, 0.3) is 0 Å². The number of aromatic nitrogens is 4. The van der Waals surface area contributed by atoms with Gasteiger partial charge in [0.1, 0.15) is 0 Å². The summed E-state index contributed by atoms with van der Waals surface area (Å²) >= 11 is 0.